The minimum atomic E-state index is -3.94. The van der Waals surface area contributed by atoms with E-state index < -0.39 is 16.0 Å². The molecule has 4 aromatic heterocycles. The third-order valence-electron chi connectivity index (χ3n) is 7.56. The van der Waals surface area contributed by atoms with Crippen LogP contribution in [0.15, 0.2) is 60.0 Å². The fourth-order valence-electron chi connectivity index (χ4n) is 5.29. The second kappa shape index (κ2) is 10.3. The Morgan fingerprint density at radius 1 is 1.05 bits per heavy atom. The van der Waals surface area contributed by atoms with Gasteiger partial charge in [0.15, 0.2) is 5.65 Å². The Hall–Kier alpha value is -4.25. The summed E-state index contributed by atoms with van der Waals surface area (Å²) in [4.78, 5) is 16.0. The Morgan fingerprint density at radius 3 is 2.49 bits per heavy atom. The van der Waals surface area contributed by atoms with Gasteiger partial charge in [0.2, 0.25) is 0 Å². The van der Waals surface area contributed by atoms with Crippen molar-refractivity contribution in [1.29, 1.82) is 0 Å². The molecule has 1 aliphatic carbocycles. The number of carboxylic acid groups (broad SMARTS) is 1. The third-order valence-corrected chi connectivity index (χ3v) is 9.23. The van der Waals surface area contributed by atoms with E-state index in [2.05, 4.69) is 12.0 Å². The summed E-state index contributed by atoms with van der Waals surface area (Å²) in [7, 11) is -2.06. The highest BCUT2D eigenvalue weighted by Crippen LogP contribution is 2.45. The zero-order valence-corrected chi connectivity index (χ0v) is 24.1. The van der Waals surface area contributed by atoms with Gasteiger partial charge in [0.25, 0.3) is 10.0 Å². The molecule has 0 radical (unpaired) electrons. The lowest BCUT2D eigenvalue weighted by Crippen LogP contribution is -2.12. The number of aliphatic carboxylic acids is 1. The van der Waals surface area contributed by atoms with E-state index in [1.165, 1.54) is 3.97 Å². The smallest absolute Gasteiger partial charge is 0.303 e. The lowest BCUT2D eigenvalue weighted by Gasteiger charge is -2.08. The molecule has 11 heteroatoms. The van der Waals surface area contributed by atoms with Gasteiger partial charge in [-0.15, -0.1) is 0 Å². The van der Waals surface area contributed by atoms with Gasteiger partial charge < -0.3 is 5.11 Å². The molecule has 0 unspecified atom stereocenters. The van der Waals surface area contributed by atoms with Crippen molar-refractivity contribution in [2.24, 2.45) is 7.05 Å². The van der Waals surface area contributed by atoms with Gasteiger partial charge >= 0.3 is 5.97 Å². The normalized spacial score (nSPS) is 13.7. The summed E-state index contributed by atoms with van der Waals surface area (Å²) >= 11 is 0. The van der Waals surface area contributed by atoms with E-state index in [1.54, 1.807) is 46.0 Å². The van der Waals surface area contributed by atoms with Crippen molar-refractivity contribution in [3.05, 3.63) is 72.1 Å². The molecule has 41 heavy (non-hydrogen) atoms. The van der Waals surface area contributed by atoms with Crippen molar-refractivity contribution in [1.82, 2.24) is 28.5 Å². The van der Waals surface area contributed by atoms with Crippen LogP contribution in [0.5, 0.6) is 0 Å². The highest BCUT2D eigenvalue weighted by molar-refractivity contribution is 7.90. The summed E-state index contributed by atoms with van der Waals surface area (Å²) < 4.78 is 32.7. The minimum Gasteiger partial charge on any atom is -0.481 e. The van der Waals surface area contributed by atoms with Crippen molar-refractivity contribution in [2.75, 3.05) is 0 Å². The number of carboxylic acids is 1. The molecule has 1 aromatic carbocycles. The second-order valence-electron chi connectivity index (χ2n) is 10.7. The van der Waals surface area contributed by atoms with Gasteiger partial charge in [-0.1, -0.05) is 24.6 Å². The number of pyridine rings is 1. The molecule has 0 spiro atoms. The Labute approximate surface area is 238 Å². The maximum absolute atomic E-state index is 13.9. The molecule has 4 heterocycles. The number of aryl methyl sites for hydroxylation is 4. The Kier molecular flexibility index (Phi) is 6.77. The van der Waals surface area contributed by atoms with Crippen LogP contribution in [0.3, 0.4) is 0 Å². The van der Waals surface area contributed by atoms with Crippen LogP contribution in [0.2, 0.25) is 0 Å². The standard InChI is InChI=1S/C30H32N6O4S/c1-4-27-24(16-34(3)32-27)21-14-23-25(26-17-35(13-5-6-28(37)38)33-29(26)20-9-10-20)18-36(30(23)31-15-21)41(39,40)22-11-7-19(2)8-12-22/h7-8,11-12,14-18,20H,4-6,9-10,13H2,1-3H3,(H,37,38). The predicted octanol–water partition coefficient (Wildman–Crippen LogP) is 5.15. The highest BCUT2D eigenvalue weighted by atomic mass is 32.2. The molecule has 6 rings (SSSR count). The van der Waals surface area contributed by atoms with E-state index in [4.69, 9.17) is 15.2 Å². The van der Waals surface area contributed by atoms with Crippen LogP contribution < -0.4 is 0 Å². The summed E-state index contributed by atoms with van der Waals surface area (Å²) in [6.45, 7) is 4.43. The van der Waals surface area contributed by atoms with Gasteiger partial charge in [-0.3, -0.25) is 14.2 Å². The van der Waals surface area contributed by atoms with Gasteiger partial charge in [0.1, 0.15) is 0 Å². The van der Waals surface area contributed by atoms with E-state index in [0.717, 1.165) is 58.5 Å². The van der Waals surface area contributed by atoms with Crippen molar-refractivity contribution in [3.63, 3.8) is 0 Å². The number of benzene rings is 1. The van der Waals surface area contributed by atoms with E-state index in [0.29, 0.717) is 29.9 Å². The minimum absolute atomic E-state index is 0.0558. The molecule has 0 aliphatic heterocycles. The molecule has 0 amide bonds. The lowest BCUT2D eigenvalue weighted by atomic mass is 10.0. The van der Waals surface area contributed by atoms with Crippen LogP contribution in [-0.4, -0.2) is 48.0 Å². The van der Waals surface area contributed by atoms with Gasteiger partial charge in [0.05, 0.1) is 16.3 Å². The van der Waals surface area contributed by atoms with Gasteiger partial charge in [-0.05, 0) is 50.8 Å². The van der Waals surface area contributed by atoms with Crippen molar-refractivity contribution < 1.29 is 18.3 Å². The Balaban J connectivity index is 1.55. The van der Waals surface area contributed by atoms with Crippen molar-refractivity contribution >= 4 is 27.0 Å². The Bertz CT molecular complexity index is 1880. The quantitative estimate of drug-likeness (QED) is 0.245. The molecule has 0 atom stereocenters. The van der Waals surface area contributed by atoms with Crippen molar-refractivity contribution in [2.45, 2.75) is 63.3 Å². The molecule has 1 fully saturated rings. The van der Waals surface area contributed by atoms with Crippen molar-refractivity contribution in [3.8, 4) is 22.3 Å². The van der Waals surface area contributed by atoms with E-state index in [-0.39, 0.29) is 11.3 Å². The third kappa shape index (κ3) is 5.06. The first-order valence-electron chi connectivity index (χ1n) is 13.8. The SMILES string of the molecule is CCc1nn(C)cc1-c1cnc2c(c1)c(-c1cn(CCCC(=O)O)nc1C1CC1)cn2S(=O)(=O)c1ccc(C)cc1. The van der Waals surface area contributed by atoms with Crippen LogP contribution in [0.1, 0.15) is 55.5 Å². The van der Waals surface area contributed by atoms with Gasteiger partial charge in [0, 0.05) is 78.4 Å². The molecule has 1 saturated carbocycles. The average Bonchev–Trinajstić information content (AvgIpc) is 3.41. The zero-order chi connectivity index (χ0) is 28.9. The van der Waals surface area contributed by atoms with Gasteiger partial charge in [-0.25, -0.2) is 17.4 Å². The summed E-state index contributed by atoms with van der Waals surface area (Å²) in [5, 5.41) is 19.2. The number of fused-ring (bicyclic) bond motifs is 1. The first-order chi connectivity index (χ1) is 19.7. The van der Waals surface area contributed by atoms with Crippen LogP contribution in [0, 0.1) is 6.92 Å². The van der Waals surface area contributed by atoms with E-state index >= 15 is 0 Å². The first kappa shape index (κ1) is 26.9. The molecule has 5 aromatic rings. The lowest BCUT2D eigenvalue weighted by molar-refractivity contribution is -0.137. The molecular formula is C30H32N6O4S. The summed E-state index contributed by atoms with van der Waals surface area (Å²) in [6, 6.07) is 8.79. The summed E-state index contributed by atoms with van der Waals surface area (Å²) in [6.07, 6.45) is 10.5. The van der Waals surface area contributed by atoms with Crippen LogP contribution in [0.4, 0.5) is 0 Å². The van der Waals surface area contributed by atoms with E-state index in [1.807, 2.05) is 32.4 Å². The number of nitrogens with zero attached hydrogens (tertiary/aromatic N) is 6. The highest BCUT2D eigenvalue weighted by Gasteiger charge is 2.32. The number of rotatable bonds is 10. The average molecular weight is 573 g/mol. The van der Waals surface area contributed by atoms with Gasteiger partial charge in [-0.2, -0.15) is 10.2 Å². The number of hydrogen-bond acceptors (Lipinski definition) is 6. The molecule has 0 saturated heterocycles. The molecular weight excluding hydrogens is 540 g/mol. The van der Waals surface area contributed by atoms with E-state index in [9.17, 15) is 13.2 Å². The van der Waals surface area contributed by atoms with Crippen LogP contribution >= 0.6 is 0 Å². The first-order valence-corrected chi connectivity index (χ1v) is 15.3. The largest absolute Gasteiger partial charge is 0.481 e. The number of hydrogen-bond donors (Lipinski definition) is 1. The molecule has 1 N–H and O–H groups in total. The molecule has 1 aliphatic rings. The number of aromatic nitrogens is 6. The molecule has 212 valence electrons. The fraction of sp³-hybridized carbons (Fsp3) is 0.333. The Morgan fingerprint density at radius 2 is 1.80 bits per heavy atom. The topological polar surface area (TPSA) is 125 Å². The maximum Gasteiger partial charge on any atom is 0.303 e. The maximum atomic E-state index is 13.9. The monoisotopic (exact) mass is 572 g/mol. The molecule has 10 nitrogen and oxygen atoms in total. The predicted molar refractivity (Wildman–Crippen MR) is 155 cm³/mol. The fourth-order valence-corrected chi connectivity index (χ4v) is 6.62. The zero-order valence-electron chi connectivity index (χ0n) is 23.3. The second-order valence-corrected chi connectivity index (χ2v) is 12.5. The summed E-state index contributed by atoms with van der Waals surface area (Å²) in [5.41, 5.74) is 6.56. The number of carbonyl (C=O) groups is 1. The summed E-state index contributed by atoms with van der Waals surface area (Å²) in [5.74, 6) is -0.552. The van der Waals surface area contributed by atoms with Crippen LogP contribution in [-0.2, 0) is 34.8 Å². The van der Waals surface area contributed by atoms with Crippen LogP contribution in [0.25, 0.3) is 33.3 Å². The molecule has 0 bridgehead atoms.